The third-order valence-corrected chi connectivity index (χ3v) is 7.19. The van der Waals surface area contributed by atoms with Crippen LogP contribution >= 0.6 is 0 Å². The molecular formula is C21H34F2N2O5S. The van der Waals surface area contributed by atoms with Crippen LogP contribution in [0, 0.1) is 10.8 Å². The fourth-order valence-electron chi connectivity index (χ4n) is 5.91. The standard InChI is InChI=1S/C21H34F2N2O5S/c1-18(2)11-19(3,4)13-20(26,12-18)21(22,23)14-25-8-5-6-17(25)16-10-15(30-24-16)7-9-31(27,28)29/h10,17,26H,5-9,11-14H2,1-4H3,(H,27,28,29)/t17-/m0/s1. The molecule has 2 heterocycles. The second kappa shape index (κ2) is 8.04. The van der Waals surface area contributed by atoms with E-state index in [0.29, 0.717) is 25.1 Å². The molecule has 1 saturated carbocycles. The fraction of sp³-hybridized carbons (Fsp3) is 0.857. The van der Waals surface area contributed by atoms with Crippen LogP contribution in [-0.2, 0) is 16.5 Å². The predicted molar refractivity (Wildman–Crippen MR) is 111 cm³/mol. The zero-order valence-electron chi connectivity index (χ0n) is 18.7. The Balaban J connectivity index is 1.74. The molecule has 2 N–H and O–H groups in total. The van der Waals surface area contributed by atoms with Gasteiger partial charge in [-0.25, -0.2) is 8.78 Å². The maximum atomic E-state index is 15.5. The Morgan fingerprint density at radius 3 is 2.42 bits per heavy atom. The Hall–Kier alpha value is -1.10. The number of hydrogen-bond donors (Lipinski definition) is 2. The van der Waals surface area contributed by atoms with Gasteiger partial charge in [0.1, 0.15) is 17.1 Å². The monoisotopic (exact) mass is 464 g/mol. The molecule has 178 valence electrons. The van der Waals surface area contributed by atoms with Gasteiger partial charge >= 0.3 is 0 Å². The van der Waals surface area contributed by atoms with Crippen LogP contribution in [0.3, 0.4) is 0 Å². The minimum atomic E-state index is -4.13. The normalized spacial score (nSPS) is 26.3. The molecule has 0 radical (unpaired) electrons. The molecule has 1 aliphatic carbocycles. The summed E-state index contributed by atoms with van der Waals surface area (Å²) < 4.78 is 67.0. The Morgan fingerprint density at radius 2 is 1.84 bits per heavy atom. The van der Waals surface area contributed by atoms with E-state index in [1.165, 1.54) is 0 Å². The van der Waals surface area contributed by atoms with Gasteiger partial charge < -0.3 is 9.63 Å². The third kappa shape index (κ3) is 5.83. The number of halogens is 2. The van der Waals surface area contributed by atoms with Gasteiger partial charge in [0, 0.05) is 12.5 Å². The maximum Gasteiger partial charge on any atom is 0.288 e. The number of alkyl halides is 2. The van der Waals surface area contributed by atoms with E-state index in [1.54, 1.807) is 11.0 Å². The molecule has 3 rings (SSSR count). The molecule has 10 heteroatoms. The summed E-state index contributed by atoms with van der Waals surface area (Å²) in [7, 11) is -4.13. The summed E-state index contributed by atoms with van der Waals surface area (Å²) in [5, 5.41) is 15.1. The highest BCUT2D eigenvalue weighted by atomic mass is 32.2. The van der Waals surface area contributed by atoms with Crippen LogP contribution < -0.4 is 0 Å². The lowest BCUT2D eigenvalue weighted by atomic mass is 9.58. The zero-order valence-corrected chi connectivity index (χ0v) is 19.5. The zero-order chi connectivity index (χ0) is 23.3. The summed E-state index contributed by atoms with van der Waals surface area (Å²) in [4.78, 5) is 1.64. The van der Waals surface area contributed by atoms with Crippen LogP contribution in [0.5, 0.6) is 0 Å². The lowest BCUT2D eigenvalue weighted by Gasteiger charge is -2.52. The van der Waals surface area contributed by atoms with Crippen LogP contribution in [0.2, 0.25) is 0 Å². The van der Waals surface area contributed by atoms with Crippen molar-refractivity contribution in [1.82, 2.24) is 10.1 Å². The Bertz CT molecular complexity index is 881. The highest BCUT2D eigenvalue weighted by Crippen LogP contribution is 2.55. The van der Waals surface area contributed by atoms with Crippen molar-refractivity contribution >= 4 is 10.1 Å². The molecule has 0 amide bonds. The predicted octanol–water partition coefficient (Wildman–Crippen LogP) is 3.84. The van der Waals surface area contributed by atoms with E-state index in [1.807, 2.05) is 27.7 Å². The number of nitrogens with zero attached hydrogens (tertiary/aromatic N) is 2. The van der Waals surface area contributed by atoms with E-state index < -0.39 is 44.8 Å². The Labute approximate surface area is 182 Å². The number of aromatic nitrogens is 1. The second-order valence-electron chi connectivity index (χ2n) is 11.0. The van der Waals surface area contributed by atoms with Gasteiger partial charge in [-0.05, 0) is 49.5 Å². The summed E-state index contributed by atoms with van der Waals surface area (Å²) in [6.07, 6.45) is 2.14. The Morgan fingerprint density at radius 1 is 1.23 bits per heavy atom. The van der Waals surface area contributed by atoms with Crippen LogP contribution in [0.25, 0.3) is 0 Å². The molecule has 1 aromatic heterocycles. The van der Waals surface area contributed by atoms with Crippen LogP contribution in [0.15, 0.2) is 10.6 Å². The first-order valence-electron chi connectivity index (χ1n) is 10.8. The lowest BCUT2D eigenvalue weighted by molar-refractivity contribution is -0.235. The average Bonchev–Trinajstić information content (AvgIpc) is 3.16. The molecule has 1 aliphatic heterocycles. The fourth-order valence-corrected chi connectivity index (χ4v) is 6.37. The van der Waals surface area contributed by atoms with E-state index in [2.05, 4.69) is 5.16 Å². The number of likely N-dealkylation sites (tertiary alicyclic amines) is 1. The molecule has 0 unspecified atom stereocenters. The van der Waals surface area contributed by atoms with Gasteiger partial charge in [-0.3, -0.25) is 9.45 Å². The molecule has 0 aromatic carbocycles. The molecule has 2 aliphatic rings. The highest BCUT2D eigenvalue weighted by molar-refractivity contribution is 7.85. The van der Waals surface area contributed by atoms with Crippen molar-refractivity contribution in [3.8, 4) is 0 Å². The molecule has 1 saturated heterocycles. The van der Waals surface area contributed by atoms with E-state index in [0.717, 1.165) is 6.42 Å². The molecule has 7 nitrogen and oxygen atoms in total. The van der Waals surface area contributed by atoms with Gasteiger partial charge in [0.15, 0.2) is 0 Å². The van der Waals surface area contributed by atoms with Gasteiger partial charge in [0.05, 0.1) is 18.3 Å². The van der Waals surface area contributed by atoms with Crippen molar-refractivity contribution in [2.24, 2.45) is 10.8 Å². The topological polar surface area (TPSA) is 104 Å². The summed E-state index contributed by atoms with van der Waals surface area (Å²) >= 11 is 0. The van der Waals surface area contributed by atoms with Crippen LogP contribution in [-0.4, -0.2) is 58.5 Å². The van der Waals surface area contributed by atoms with Gasteiger partial charge in [-0.15, -0.1) is 0 Å². The SMILES string of the molecule is CC1(C)CC(C)(C)CC(O)(C(F)(F)CN2CCC[C@H]2c2cc(CCS(=O)(=O)O)on2)C1. The summed E-state index contributed by atoms with van der Waals surface area (Å²) in [5.41, 5.74) is -2.40. The highest BCUT2D eigenvalue weighted by Gasteiger charge is 2.60. The molecule has 31 heavy (non-hydrogen) atoms. The molecule has 1 aromatic rings. The third-order valence-electron chi connectivity index (χ3n) is 6.47. The summed E-state index contributed by atoms with van der Waals surface area (Å²) in [6.45, 7) is 7.59. The van der Waals surface area contributed by atoms with Crippen LogP contribution in [0.4, 0.5) is 8.78 Å². The van der Waals surface area contributed by atoms with Crippen molar-refractivity contribution in [1.29, 1.82) is 0 Å². The van der Waals surface area contributed by atoms with Crippen molar-refractivity contribution in [3.63, 3.8) is 0 Å². The lowest BCUT2D eigenvalue weighted by Crippen LogP contribution is -2.60. The minimum absolute atomic E-state index is 0.0404. The smallest absolute Gasteiger partial charge is 0.288 e. The molecule has 1 atom stereocenters. The van der Waals surface area contributed by atoms with Gasteiger partial charge in [-0.2, -0.15) is 8.42 Å². The summed E-state index contributed by atoms with van der Waals surface area (Å²) in [5.74, 6) is -3.52. The van der Waals surface area contributed by atoms with Crippen molar-refractivity contribution < 1.29 is 31.4 Å². The van der Waals surface area contributed by atoms with E-state index in [4.69, 9.17) is 9.08 Å². The van der Waals surface area contributed by atoms with Gasteiger partial charge in [0.25, 0.3) is 16.0 Å². The minimum Gasteiger partial charge on any atom is -0.384 e. The van der Waals surface area contributed by atoms with Crippen molar-refractivity contribution in [3.05, 3.63) is 17.5 Å². The van der Waals surface area contributed by atoms with E-state index in [9.17, 15) is 13.5 Å². The van der Waals surface area contributed by atoms with Gasteiger partial charge in [-0.1, -0.05) is 32.9 Å². The van der Waals surface area contributed by atoms with E-state index >= 15 is 8.78 Å². The number of aryl methyl sites for hydroxylation is 1. The summed E-state index contributed by atoms with van der Waals surface area (Å²) in [6, 6.07) is 1.18. The largest absolute Gasteiger partial charge is 0.384 e. The number of hydrogen-bond acceptors (Lipinski definition) is 6. The van der Waals surface area contributed by atoms with Crippen LogP contribution in [0.1, 0.15) is 77.3 Å². The Kier molecular flexibility index (Phi) is 6.36. The first-order chi connectivity index (χ1) is 14.0. The molecular weight excluding hydrogens is 430 g/mol. The quantitative estimate of drug-likeness (QED) is 0.591. The van der Waals surface area contributed by atoms with Gasteiger partial charge in [0.2, 0.25) is 0 Å². The van der Waals surface area contributed by atoms with Crippen molar-refractivity contribution in [2.45, 2.75) is 83.8 Å². The van der Waals surface area contributed by atoms with E-state index in [-0.39, 0.29) is 31.1 Å². The first-order valence-corrected chi connectivity index (χ1v) is 12.4. The number of rotatable bonds is 7. The maximum absolute atomic E-state index is 15.5. The average molecular weight is 465 g/mol. The van der Waals surface area contributed by atoms with Crippen molar-refractivity contribution in [2.75, 3.05) is 18.8 Å². The first kappa shape index (κ1) is 24.5. The molecule has 0 spiro atoms. The second-order valence-corrected chi connectivity index (χ2v) is 12.5. The number of aliphatic hydroxyl groups is 1. The molecule has 2 fully saturated rings. The molecule has 0 bridgehead atoms.